The third-order valence-corrected chi connectivity index (χ3v) is 3.19. The maximum atomic E-state index is 12.0. The fraction of sp³-hybridized carbons (Fsp3) is 0.400. The zero-order valence-corrected chi connectivity index (χ0v) is 10.2. The topological polar surface area (TPSA) is 17.1 Å². The Morgan fingerprint density at radius 2 is 1.76 bits per heavy atom. The Labute approximate surface area is 104 Å². The van der Waals surface area contributed by atoms with E-state index < -0.39 is 0 Å². The first-order chi connectivity index (χ1) is 8.36. The first kappa shape index (κ1) is 12.2. The van der Waals surface area contributed by atoms with Crippen LogP contribution in [-0.2, 0) is 4.79 Å². The minimum atomic E-state index is 0.232. The Kier molecular flexibility index (Phi) is 4.60. The van der Waals surface area contributed by atoms with E-state index in [2.05, 4.69) is 0 Å². The summed E-state index contributed by atoms with van der Waals surface area (Å²) >= 11 is 0. The highest BCUT2D eigenvalue weighted by Crippen LogP contribution is 2.18. The van der Waals surface area contributed by atoms with Crippen molar-refractivity contribution in [3.63, 3.8) is 0 Å². The Morgan fingerprint density at radius 1 is 1.00 bits per heavy atom. The summed E-state index contributed by atoms with van der Waals surface area (Å²) in [6.07, 6.45) is 8.69. The van der Waals surface area contributed by atoms with Crippen molar-refractivity contribution in [2.75, 3.05) is 0 Å². The van der Waals surface area contributed by atoms with Crippen molar-refractivity contribution < 1.29 is 4.79 Å². The number of hydrogen-bond acceptors (Lipinski definition) is 1. The monoisotopic (exact) mass is 225 g/mol. The Morgan fingerprint density at radius 3 is 2.59 bits per heavy atom. The van der Waals surface area contributed by atoms with Gasteiger partial charge in [0.25, 0.3) is 0 Å². The fourth-order valence-electron chi connectivity index (χ4n) is 2.19. The summed E-state index contributed by atoms with van der Waals surface area (Å²) < 4.78 is 0. The highest BCUT2D eigenvalue weighted by molar-refractivity contribution is 6.77. The Bertz CT molecular complexity index is 395. The lowest BCUT2D eigenvalue weighted by atomic mass is 9.66. The molecule has 0 N–H and O–H groups in total. The van der Waals surface area contributed by atoms with Crippen molar-refractivity contribution >= 4 is 19.0 Å². The van der Waals surface area contributed by atoms with Crippen LogP contribution < -0.4 is 0 Å². The Balaban J connectivity index is 2.15. The molecule has 0 spiro atoms. The van der Waals surface area contributed by atoms with Gasteiger partial charge in [0.15, 0.2) is 0 Å². The third-order valence-electron chi connectivity index (χ3n) is 3.19. The molecular formula is C15H18BO. The molecule has 1 saturated heterocycles. The molecule has 0 aromatic heterocycles. The lowest BCUT2D eigenvalue weighted by Gasteiger charge is -2.04. The third kappa shape index (κ3) is 3.88. The number of benzene rings is 1. The molecule has 0 atom stereocenters. The molecule has 1 nitrogen and oxygen atoms in total. The van der Waals surface area contributed by atoms with E-state index in [1.807, 2.05) is 43.7 Å². The van der Waals surface area contributed by atoms with Gasteiger partial charge >= 0.3 is 0 Å². The van der Waals surface area contributed by atoms with Crippen LogP contribution in [0.2, 0.25) is 6.32 Å². The number of carbonyl (C=O) groups excluding carboxylic acids is 1. The molecule has 17 heavy (non-hydrogen) atoms. The highest BCUT2D eigenvalue weighted by Gasteiger charge is 2.12. The second kappa shape index (κ2) is 6.44. The molecule has 0 aliphatic carbocycles. The summed E-state index contributed by atoms with van der Waals surface area (Å²) in [6, 6.07) is 10.1. The molecule has 0 unspecified atom stereocenters. The first-order valence-corrected chi connectivity index (χ1v) is 6.49. The van der Waals surface area contributed by atoms with Gasteiger partial charge in [0.2, 0.25) is 7.28 Å². The molecule has 1 fully saturated rings. The zero-order chi connectivity index (χ0) is 11.9. The molecule has 2 rings (SSSR count). The van der Waals surface area contributed by atoms with Gasteiger partial charge in [-0.15, -0.1) is 0 Å². The van der Waals surface area contributed by atoms with E-state index in [4.69, 9.17) is 0 Å². The van der Waals surface area contributed by atoms with E-state index in [1.165, 1.54) is 12.8 Å². The fourth-order valence-corrected chi connectivity index (χ4v) is 2.19. The van der Waals surface area contributed by atoms with Crippen LogP contribution in [0.3, 0.4) is 0 Å². The van der Waals surface area contributed by atoms with Crippen LogP contribution in [0.25, 0.3) is 6.08 Å². The molecule has 0 saturated carbocycles. The predicted octanol–water partition coefficient (Wildman–Crippen LogP) is 3.68. The van der Waals surface area contributed by atoms with Gasteiger partial charge in [0.1, 0.15) is 5.68 Å². The summed E-state index contributed by atoms with van der Waals surface area (Å²) in [5, 5.41) is 0. The summed E-state index contributed by atoms with van der Waals surface area (Å²) in [7, 11) is 1.86. The molecule has 87 valence electrons. The van der Waals surface area contributed by atoms with Crippen molar-refractivity contribution in [3.8, 4) is 0 Å². The van der Waals surface area contributed by atoms with Crippen LogP contribution in [0.15, 0.2) is 35.9 Å². The molecule has 1 aliphatic rings. The quantitative estimate of drug-likeness (QED) is 0.526. The van der Waals surface area contributed by atoms with E-state index in [0.717, 1.165) is 36.7 Å². The van der Waals surface area contributed by atoms with Gasteiger partial charge in [-0.2, -0.15) is 0 Å². The molecule has 2 heteroatoms. The lowest BCUT2D eigenvalue weighted by molar-refractivity contribution is -0.109. The summed E-state index contributed by atoms with van der Waals surface area (Å²) in [6.45, 7) is 0. The van der Waals surface area contributed by atoms with Crippen molar-refractivity contribution in [2.45, 2.75) is 38.4 Å². The largest absolute Gasteiger partial charge is 0.307 e. The highest BCUT2D eigenvalue weighted by atomic mass is 16.1. The number of hydrogen-bond donors (Lipinski definition) is 0. The van der Waals surface area contributed by atoms with Gasteiger partial charge in [0, 0.05) is 0 Å². The zero-order valence-electron chi connectivity index (χ0n) is 10.2. The number of allylic oxidation sites excluding steroid dienone is 1. The lowest BCUT2D eigenvalue weighted by Crippen LogP contribution is -2.10. The molecule has 1 aromatic carbocycles. The van der Waals surface area contributed by atoms with E-state index in [9.17, 15) is 4.79 Å². The standard InChI is InChI=1S/C15H18BO/c17-15-14(10-6-1-2-7-11-16-15)12-13-8-4-3-5-9-13/h3-5,8-9,12H,1-2,6-7,10-11H2. The van der Waals surface area contributed by atoms with Gasteiger partial charge in [-0.05, 0) is 30.1 Å². The minimum absolute atomic E-state index is 0.232. The van der Waals surface area contributed by atoms with Crippen LogP contribution in [0.4, 0.5) is 0 Å². The van der Waals surface area contributed by atoms with Gasteiger partial charge in [-0.3, -0.25) is 0 Å². The average molecular weight is 225 g/mol. The van der Waals surface area contributed by atoms with Crippen LogP contribution in [0.5, 0.6) is 0 Å². The number of rotatable bonds is 1. The summed E-state index contributed by atoms with van der Waals surface area (Å²) in [5.74, 6) is 0. The van der Waals surface area contributed by atoms with Crippen LogP contribution in [0, 0.1) is 0 Å². The van der Waals surface area contributed by atoms with Crippen molar-refractivity contribution in [3.05, 3.63) is 41.5 Å². The second-order valence-electron chi connectivity index (χ2n) is 4.60. The molecule has 1 aliphatic heterocycles. The van der Waals surface area contributed by atoms with Gasteiger partial charge in [-0.1, -0.05) is 55.9 Å². The molecule has 0 bridgehead atoms. The van der Waals surface area contributed by atoms with E-state index >= 15 is 0 Å². The predicted molar refractivity (Wildman–Crippen MR) is 73.1 cm³/mol. The van der Waals surface area contributed by atoms with Gasteiger partial charge in [0.05, 0.1) is 0 Å². The summed E-state index contributed by atoms with van der Waals surface area (Å²) in [4.78, 5) is 12.0. The summed E-state index contributed by atoms with van der Waals surface area (Å²) in [5.41, 5.74) is 2.33. The van der Waals surface area contributed by atoms with Crippen LogP contribution in [0.1, 0.15) is 37.7 Å². The molecule has 1 aromatic rings. The second-order valence-corrected chi connectivity index (χ2v) is 4.60. The maximum Gasteiger partial charge on any atom is 0.208 e. The molecule has 1 radical (unpaired) electrons. The van der Waals surface area contributed by atoms with Gasteiger partial charge < -0.3 is 4.79 Å². The minimum Gasteiger partial charge on any atom is -0.307 e. The van der Waals surface area contributed by atoms with Crippen LogP contribution >= 0.6 is 0 Å². The van der Waals surface area contributed by atoms with Crippen molar-refractivity contribution in [2.24, 2.45) is 0 Å². The van der Waals surface area contributed by atoms with Crippen molar-refractivity contribution in [1.29, 1.82) is 0 Å². The number of carbonyl (C=O) groups is 1. The normalized spacial score (nSPS) is 20.2. The molecule has 0 amide bonds. The molecular weight excluding hydrogens is 207 g/mol. The Hall–Kier alpha value is -1.31. The first-order valence-electron chi connectivity index (χ1n) is 6.49. The van der Waals surface area contributed by atoms with E-state index in [0.29, 0.717) is 0 Å². The van der Waals surface area contributed by atoms with E-state index in [-0.39, 0.29) is 5.68 Å². The smallest absolute Gasteiger partial charge is 0.208 e. The molecule has 1 heterocycles. The average Bonchev–Trinajstić information content (AvgIpc) is 2.45. The van der Waals surface area contributed by atoms with Crippen molar-refractivity contribution in [1.82, 2.24) is 0 Å². The van der Waals surface area contributed by atoms with E-state index in [1.54, 1.807) is 0 Å². The SMILES string of the molecule is O=C1[B]CCCCCCC1=Cc1ccccc1. The van der Waals surface area contributed by atoms with Crippen LogP contribution in [-0.4, -0.2) is 13.0 Å². The van der Waals surface area contributed by atoms with Gasteiger partial charge in [-0.25, -0.2) is 0 Å². The maximum absolute atomic E-state index is 12.0.